The van der Waals surface area contributed by atoms with Crippen LogP contribution >= 0.6 is 0 Å². The van der Waals surface area contributed by atoms with E-state index < -0.39 is 0 Å². The van der Waals surface area contributed by atoms with Gasteiger partial charge < -0.3 is 19.9 Å². The molecular formula is C17H24N2O3. The number of ether oxygens (including phenoxy) is 2. The Bertz CT molecular complexity index is 557. The molecule has 0 amide bonds. The van der Waals surface area contributed by atoms with Crippen LogP contribution < -0.4 is 14.8 Å². The molecule has 2 atom stereocenters. The quantitative estimate of drug-likeness (QED) is 0.866. The molecule has 2 unspecified atom stereocenters. The molecule has 0 spiro atoms. The fraction of sp³-hybridized carbons (Fsp3) is 0.647. The number of aromatic hydroxyl groups is 1. The molecule has 0 radical (unpaired) electrons. The molecule has 0 bridgehead atoms. The second kappa shape index (κ2) is 5.32. The highest BCUT2D eigenvalue weighted by molar-refractivity contribution is 5.65. The maximum Gasteiger partial charge on any atom is 0.165 e. The largest absolute Gasteiger partial charge is 0.504 e. The highest BCUT2D eigenvalue weighted by Crippen LogP contribution is 2.50. The summed E-state index contributed by atoms with van der Waals surface area (Å²) in [6.07, 6.45) is 1.88. The van der Waals surface area contributed by atoms with Gasteiger partial charge in [-0.1, -0.05) is 0 Å². The average molecular weight is 304 g/mol. The van der Waals surface area contributed by atoms with Gasteiger partial charge in [0, 0.05) is 62.3 Å². The van der Waals surface area contributed by atoms with E-state index >= 15 is 0 Å². The zero-order chi connectivity index (χ0) is 15.3. The van der Waals surface area contributed by atoms with E-state index in [1.165, 1.54) is 5.56 Å². The lowest BCUT2D eigenvalue weighted by molar-refractivity contribution is 0.220. The summed E-state index contributed by atoms with van der Waals surface area (Å²) in [6.45, 7) is 9.17. The van der Waals surface area contributed by atoms with Crippen molar-refractivity contribution in [3.05, 3.63) is 16.7 Å². The Hall–Kier alpha value is -1.46. The van der Waals surface area contributed by atoms with Crippen LogP contribution in [-0.4, -0.2) is 48.4 Å². The van der Waals surface area contributed by atoms with Crippen LogP contribution in [0.3, 0.4) is 0 Å². The van der Waals surface area contributed by atoms with Gasteiger partial charge in [-0.3, -0.25) is 4.90 Å². The van der Waals surface area contributed by atoms with Crippen molar-refractivity contribution in [2.45, 2.75) is 45.4 Å². The van der Waals surface area contributed by atoms with Gasteiger partial charge in [-0.25, -0.2) is 0 Å². The van der Waals surface area contributed by atoms with E-state index in [1.54, 1.807) is 0 Å². The third kappa shape index (κ3) is 2.23. The molecule has 1 aromatic carbocycles. The van der Waals surface area contributed by atoms with E-state index in [2.05, 4.69) is 24.1 Å². The van der Waals surface area contributed by atoms with Crippen LogP contribution in [0.15, 0.2) is 0 Å². The van der Waals surface area contributed by atoms with E-state index in [-0.39, 0.29) is 12.2 Å². The van der Waals surface area contributed by atoms with Gasteiger partial charge in [0.15, 0.2) is 11.5 Å². The molecular weight excluding hydrogens is 280 g/mol. The first kappa shape index (κ1) is 14.2. The maximum absolute atomic E-state index is 10.6. The molecule has 0 saturated carbocycles. The Morgan fingerprint density at radius 2 is 1.68 bits per heavy atom. The summed E-state index contributed by atoms with van der Waals surface area (Å²) >= 11 is 0. The monoisotopic (exact) mass is 304 g/mol. The summed E-state index contributed by atoms with van der Waals surface area (Å²) in [5.41, 5.74) is 3.32. The number of hydrogen-bond acceptors (Lipinski definition) is 5. The van der Waals surface area contributed by atoms with Crippen molar-refractivity contribution in [1.82, 2.24) is 10.2 Å². The van der Waals surface area contributed by atoms with Gasteiger partial charge in [-0.15, -0.1) is 0 Å². The predicted molar refractivity (Wildman–Crippen MR) is 83.8 cm³/mol. The van der Waals surface area contributed by atoms with Crippen LogP contribution in [0.5, 0.6) is 17.2 Å². The highest BCUT2D eigenvalue weighted by atomic mass is 16.5. The molecule has 1 fully saturated rings. The molecule has 2 N–H and O–H groups in total. The van der Waals surface area contributed by atoms with Crippen LogP contribution in [0.1, 0.15) is 30.5 Å². The molecule has 3 aliphatic heterocycles. The Labute approximate surface area is 131 Å². The SMILES string of the molecule is CC1Cc2c(CN3CCNCC3)c3c(c(O)c2O1)CC(C)O3. The summed E-state index contributed by atoms with van der Waals surface area (Å²) in [7, 11) is 0. The van der Waals surface area contributed by atoms with Gasteiger partial charge in [-0.2, -0.15) is 0 Å². The third-order valence-electron chi connectivity index (χ3n) is 4.90. The molecule has 3 aliphatic rings. The number of benzene rings is 1. The summed E-state index contributed by atoms with van der Waals surface area (Å²) in [6, 6.07) is 0. The second-order valence-corrected chi connectivity index (χ2v) is 6.73. The molecule has 1 saturated heterocycles. The predicted octanol–water partition coefficient (Wildman–Crippen LogP) is 1.44. The Balaban J connectivity index is 1.76. The van der Waals surface area contributed by atoms with Crippen LogP contribution in [0.4, 0.5) is 0 Å². The van der Waals surface area contributed by atoms with Gasteiger partial charge in [0.1, 0.15) is 18.0 Å². The van der Waals surface area contributed by atoms with Gasteiger partial charge in [0.2, 0.25) is 0 Å². The number of nitrogens with one attached hydrogen (secondary N) is 1. The smallest absolute Gasteiger partial charge is 0.165 e. The normalized spacial score (nSPS) is 27.2. The standard InChI is InChI=1S/C17H24N2O3/c1-10-7-12-14(9-19-5-3-18-4-6-19)16-13(8-11(2)21-16)15(20)17(12)22-10/h10-11,18,20H,3-9H2,1-2H3. The van der Waals surface area contributed by atoms with Crippen LogP contribution in [0, 0.1) is 0 Å². The van der Waals surface area contributed by atoms with Crippen molar-refractivity contribution in [3.63, 3.8) is 0 Å². The Kier molecular flexibility index (Phi) is 3.42. The fourth-order valence-corrected chi connectivity index (χ4v) is 3.84. The number of piperazine rings is 1. The molecule has 5 heteroatoms. The zero-order valence-corrected chi connectivity index (χ0v) is 13.3. The third-order valence-corrected chi connectivity index (χ3v) is 4.90. The van der Waals surface area contributed by atoms with Crippen LogP contribution in [0.25, 0.3) is 0 Å². The summed E-state index contributed by atoms with van der Waals surface area (Å²) in [4.78, 5) is 2.46. The summed E-state index contributed by atoms with van der Waals surface area (Å²) < 4.78 is 12.0. The van der Waals surface area contributed by atoms with E-state index in [1.807, 2.05) is 0 Å². The summed E-state index contributed by atoms with van der Waals surface area (Å²) in [5, 5.41) is 14.0. The first-order chi connectivity index (χ1) is 10.6. The lowest BCUT2D eigenvalue weighted by Crippen LogP contribution is -2.43. The van der Waals surface area contributed by atoms with Gasteiger partial charge >= 0.3 is 0 Å². The van der Waals surface area contributed by atoms with Crippen LogP contribution in [-0.2, 0) is 19.4 Å². The minimum absolute atomic E-state index is 0.127. The first-order valence-electron chi connectivity index (χ1n) is 8.29. The van der Waals surface area contributed by atoms with E-state index in [0.29, 0.717) is 11.5 Å². The molecule has 120 valence electrons. The number of hydrogen-bond donors (Lipinski definition) is 2. The molecule has 0 aromatic heterocycles. The average Bonchev–Trinajstić information content (AvgIpc) is 3.08. The number of phenols is 1. The van der Waals surface area contributed by atoms with Gasteiger partial charge in [0.05, 0.1) is 0 Å². The number of rotatable bonds is 2. The van der Waals surface area contributed by atoms with E-state index in [0.717, 1.165) is 62.4 Å². The van der Waals surface area contributed by atoms with Crippen LogP contribution in [0.2, 0.25) is 0 Å². The topological polar surface area (TPSA) is 54.0 Å². The minimum atomic E-state index is 0.127. The van der Waals surface area contributed by atoms with E-state index in [4.69, 9.17) is 9.47 Å². The molecule has 4 rings (SSSR count). The van der Waals surface area contributed by atoms with E-state index in [9.17, 15) is 5.11 Å². The highest BCUT2D eigenvalue weighted by Gasteiger charge is 2.36. The van der Waals surface area contributed by atoms with Gasteiger partial charge in [0.25, 0.3) is 0 Å². The number of nitrogens with zero attached hydrogens (tertiary/aromatic N) is 1. The lowest BCUT2D eigenvalue weighted by atomic mass is 9.96. The molecule has 5 nitrogen and oxygen atoms in total. The molecule has 1 aromatic rings. The van der Waals surface area contributed by atoms with Gasteiger partial charge in [-0.05, 0) is 13.8 Å². The Morgan fingerprint density at radius 1 is 1.05 bits per heavy atom. The molecule has 0 aliphatic carbocycles. The lowest BCUT2D eigenvalue weighted by Gasteiger charge is -2.28. The fourth-order valence-electron chi connectivity index (χ4n) is 3.84. The molecule has 22 heavy (non-hydrogen) atoms. The number of fused-ring (bicyclic) bond motifs is 2. The zero-order valence-electron chi connectivity index (χ0n) is 13.3. The van der Waals surface area contributed by atoms with Crippen molar-refractivity contribution < 1.29 is 14.6 Å². The van der Waals surface area contributed by atoms with Crippen molar-refractivity contribution >= 4 is 0 Å². The summed E-state index contributed by atoms with van der Waals surface area (Å²) in [5.74, 6) is 1.93. The van der Waals surface area contributed by atoms with Crippen molar-refractivity contribution in [3.8, 4) is 17.2 Å². The minimum Gasteiger partial charge on any atom is -0.504 e. The van der Waals surface area contributed by atoms with Crippen molar-refractivity contribution in [2.24, 2.45) is 0 Å². The number of phenolic OH excluding ortho intramolecular Hbond substituents is 1. The first-order valence-corrected chi connectivity index (χ1v) is 8.29. The maximum atomic E-state index is 10.6. The van der Waals surface area contributed by atoms with Crippen molar-refractivity contribution in [2.75, 3.05) is 26.2 Å². The van der Waals surface area contributed by atoms with Crippen molar-refractivity contribution in [1.29, 1.82) is 0 Å². The molecule has 3 heterocycles. The Morgan fingerprint density at radius 3 is 2.41 bits per heavy atom. The second-order valence-electron chi connectivity index (χ2n) is 6.73.